The van der Waals surface area contributed by atoms with Crippen LogP contribution in [0.1, 0.15) is 80.6 Å². The molecule has 3 aliphatic rings. The highest BCUT2D eigenvalue weighted by Gasteiger charge is 2.51. The predicted molar refractivity (Wildman–Crippen MR) is 152 cm³/mol. The van der Waals surface area contributed by atoms with Gasteiger partial charge in [0.1, 0.15) is 5.75 Å². The number of fused-ring (bicyclic) bond motifs is 2. The van der Waals surface area contributed by atoms with Crippen molar-refractivity contribution in [1.82, 2.24) is 5.32 Å². The van der Waals surface area contributed by atoms with Gasteiger partial charge < -0.3 is 25.2 Å². The first-order valence-corrected chi connectivity index (χ1v) is 14.6. The second kappa shape index (κ2) is 12.1. The molecule has 220 valence electrons. The molecule has 2 aromatic carbocycles. The topological polar surface area (TPSA) is 114 Å². The number of anilines is 1. The second-order valence-electron chi connectivity index (χ2n) is 12.0. The molecule has 3 saturated carbocycles. The third-order valence-electron chi connectivity index (χ3n) is 9.15. The highest BCUT2D eigenvalue weighted by Crippen LogP contribution is 2.49. The molecule has 4 atom stereocenters. The summed E-state index contributed by atoms with van der Waals surface area (Å²) in [6, 6.07) is 9.98. The molecule has 0 saturated heterocycles. The van der Waals surface area contributed by atoms with Gasteiger partial charge in [-0.2, -0.15) is 0 Å². The number of carboxylic acid groups (broad SMARTS) is 1. The molecule has 0 spiro atoms. The van der Waals surface area contributed by atoms with Crippen LogP contribution in [0, 0.1) is 29.5 Å². The van der Waals surface area contributed by atoms with E-state index in [9.17, 15) is 23.9 Å². The second-order valence-corrected chi connectivity index (χ2v) is 12.0. The van der Waals surface area contributed by atoms with Crippen molar-refractivity contribution in [3.8, 4) is 11.5 Å². The molecule has 3 aliphatic carbocycles. The number of amides is 2. The van der Waals surface area contributed by atoms with E-state index in [1.54, 1.807) is 0 Å². The highest BCUT2D eigenvalue weighted by atomic mass is 19.1. The van der Waals surface area contributed by atoms with Gasteiger partial charge in [0, 0.05) is 17.8 Å². The van der Waals surface area contributed by atoms with Gasteiger partial charge in [-0.25, -0.2) is 4.39 Å². The number of carboxylic acids is 1. The van der Waals surface area contributed by atoms with Gasteiger partial charge in [0.25, 0.3) is 5.91 Å². The Balaban J connectivity index is 1.31. The van der Waals surface area contributed by atoms with Crippen LogP contribution in [0.5, 0.6) is 11.5 Å². The lowest BCUT2D eigenvalue weighted by atomic mass is 9.83. The fraction of sp³-hybridized carbons (Fsp3) is 0.531. The van der Waals surface area contributed by atoms with E-state index in [-0.39, 0.29) is 52.9 Å². The summed E-state index contributed by atoms with van der Waals surface area (Å²) < 4.78 is 26.2. The van der Waals surface area contributed by atoms with Gasteiger partial charge in [0.15, 0.2) is 11.6 Å². The molecule has 0 heterocycles. The number of halogens is 1. The van der Waals surface area contributed by atoms with Crippen LogP contribution in [-0.2, 0) is 9.59 Å². The predicted octanol–water partition coefficient (Wildman–Crippen LogP) is 5.76. The Kier molecular flexibility index (Phi) is 8.52. The number of hydrogen-bond donors (Lipinski definition) is 3. The average molecular weight is 567 g/mol. The average Bonchev–Trinajstić information content (AvgIpc) is 3.56. The third kappa shape index (κ3) is 6.19. The minimum atomic E-state index is -0.824. The molecule has 41 heavy (non-hydrogen) atoms. The number of benzene rings is 2. The van der Waals surface area contributed by atoms with Crippen molar-refractivity contribution in [2.75, 3.05) is 12.4 Å². The van der Waals surface area contributed by atoms with Crippen LogP contribution in [-0.4, -0.2) is 42.1 Å². The van der Waals surface area contributed by atoms with E-state index in [2.05, 4.69) is 24.5 Å². The Morgan fingerprint density at radius 1 is 0.976 bits per heavy atom. The number of nitrogens with one attached hydrogen (secondary N) is 2. The molecule has 0 aromatic heterocycles. The first-order chi connectivity index (χ1) is 19.6. The monoisotopic (exact) mass is 566 g/mol. The lowest BCUT2D eigenvalue weighted by Crippen LogP contribution is -2.48. The van der Waals surface area contributed by atoms with Gasteiger partial charge in [0.2, 0.25) is 5.91 Å². The first kappa shape index (κ1) is 28.9. The van der Waals surface area contributed by atoms with Crippen LogP contribution in [0.2, 0.25) is 0 Å². The molecule has 2 amide bonds. The fourth-order valence-corrected chi connectivity index (χ4v) is 6.89. The van der Waals surface area contributed by atoms with E-state index < -0.39 is 23.6 Å². The number of ether oxygens (including phenoxy) is 2. The number of aliphatic carboxylic acids is 1. The quantitative estimate of drug-likeness (QED) is 0.356. The number of methoxy groups -OCH3 is 1. The zero-order valence-electron chi connectivity index (χ0n) is 23.8. The van der Waals surface area contributed by atoms with Crippen molar-refractivity contribution in [1.29, 1.82) is 0 Å². The van der Waals surface area contributed by atoms with Crippen molar-refractivity contribution in [3.05, 3.63) is 53.3 Å². The van der Waals surface area contributed by atoms with Crippen LogP contribution in [0.4, 0.5) is 10.1 Å². The molecule has 0 radical (unpaired) electrons. The molecule has 0 aliphatic heterocycles. The molecule has 9 heteroatoms. The summed E-state index contributed by atoms with van der Waals surface area (Å²) in [6.45, 7) is 4.21. The molecule has 8 nitrogen and oxygen atoms in total. The maximum Gasteiger partial charge on any atom is 0.306 e. The maximum absolute atomic E-state index is 14.9. The van der Waals surface area contributed by atoms with Gasteiger partial charge in [-0.3, -0.25) is 14.4 Å². The molecule has 5 rings (SSSR count). The van der Waals surface area contributed by atoms with E-state index in [1.807, 2.05) is 24.3 Å². The summed E-state index contributed by atoms with van der Waals surface area (Å²) in [5, 5.41) is 15.4. The smallest absolute Gasteiger partial charge is 0.306 e. The number of rotatable bonds is 9. The van der Waals surface area contributed by atoms with Crippen LogP contribution in [0.25, 0.3) is 0 Å². The molecular formula is C32H39FN2O6. The molecule has 0 unspecified atom stereocenters. The van der Waals surface area contributed by atoms with Gasteiger partial charge >= 0.3 is 5.97 Å². The van der Waals surface area contributed by atoms with Gasteiger partial charge in [-0.15, -0.1) is 0 Å². The highest BCUT2D eigenvalue weighted by molar-refractivity contribution is 5.99. The molecule has 3 N–H and O–H groups in total. The van der Waals surface area contributed by atoms with Crippen LogP contribution >= 0.6 is 0 Å². The van der Waals surface area contributed by atoms with E-state index in [0.717, 1.165) is 36.6 Å². The van der Waals surface area contributed by atoms with Crippen LogP contribution < -0.4 is 20.1 Å². The SMILES string of the molecule is COc1cc(F)c(OC2CCC(C(=O)O)CC2)cc1C(=O)N[C@@H]1[C@H]2CC[C@H](C2)[C@@H]1C(=O)Nc1cccc(C(C)C)c1. The minimum absolute atomic E-state index is 0.0676. The van der Waals surface area contributed by atoms with Crippen molar-refractivity contribution >= 4 is 23.5 Å². The Hall–Kier alpha value is -3.62. The van der Waals surface area contributed by atoms with Crippen LogP contribution in [0.3, 0.4) is 0 Å². The number of carbonyl (C=O) groups excluding carboxylic acids is 2. The Bertz CT molecular complexity index is 1310. The van der Waals surface area contributed by atoms with E-state index in [0.29, 0.717) is 31.6 Å². The van der Waals surface area contributed by atoms with Crippen molar-refractivity contribution < 1.29 is 33.4 Å². The molecule has 2 bridgehead atoms. The Morgan fingerprint density at radius 3 is 2.39 bits per heavy atom. The van der Waals surface area contributed by atoms with Crippen molar-refractivity contribution in [2.45, 2.75) is 76.9 Å². The van der Waals surface area contributed by atoms with E-state index >= 15 is 0 Å². The molecular weight excluding hydrogens is 527 g/mol. The Morgan fingerprint density at radius 2 is 1.71 bits per heavy atom. The molecule has 2 aromatic rings. The van der Waals surface area contributed by atoms with Crippen molar-refractivity contribution in [2.24, 2.45) is 23.7 Å². The largest absolute Gasteiger partial charge is 0.496 e. The maximum atomic E-state index is 14.9. The summed E-state index contributed by atoms with van der Waals surface area (Å²) in [4.78, 5) is 38.4. The summed E-state index contributed by atoms with van der Waals surface area (Å²) in [6.07, 6.45) is 4.33. The third-order valence-corrected chi connectivity index (χ3v) is 9.15. The van der Waals surface area contributed by atoms with Crippen LogP contribution in [0.15, 0.2) is 36.4 Å². The van der Waals surface area contributed by atoms with Gasteiger partial charge in [0.05, 0.1) is 30.6 Å². The van der Waals surface area contributed by atoms with Gasteiger partial charge in [-0.05, 0) is 86.5 Å². The summed E-state index contributed by atoms with van der Waals surface area (Å²) in [5.74, 6) is -2.08. The Labute approximate surface area is 240 Å². The zero-order valence-corrected chi connectivity index (χ0v) is 23.8. The van der Waals surface area contributed by atoms with E-state index in [1.165, 1.54) is 13.2 Å². The number of hydrogen-bond acceptors (Lipinski definition) is 5. The summed E-state index contributed by atoms with van der Waals surface area (Å²) >= 11 is 0. The minimum Gasteiger partial charge on any atom is -0.496 e. The fourth-order valence-electron chi connectivity index (χ4n) is 6.89. The summed E-state index contributed by atoms with van der Waals surface area (Å²) in [5.41, 5.74) is 2.01. The zero-order chi connectivity index (χ0) is 29.3. The first-order valence-electron chi connectivity index (χ1n) is 14.6. The van der Waals surface area contributed by atoms with Crippen molar-refractivity contribution in [3.63, 3.8) is 0 Å². The van der Waals surface area contributed by atoms with E-state index in [4.69, 9.17) is 9.47 Å². The number of carbonyl (C=O) groups is 3. The van der Waals surface area contributed by atoms with Gasteiger partial charge in [-0.1, -0.05) is 26.0 Å². The lowest BCUT2D eigenvalue weighted by Gasteiger charge is -2.31. The normalized spacial score (nSPS) is 27.0. The standard InChI is InChI=1S/C32H39FN2O6/c1-17(2)19-5-4-6-22(14-19)34-31(37)28-20-7-8-21(13-20)29(28)35-30(36)24-15-27(25(33)16-26(24)40-3)41-23-11-9-18(10-12-23)32(38)39/h4-6,14-18,20-21,23,28-29H,7-13H2,1-3H3,(H,34,37)(H,35,36)(H,38,39)/t18?,20-,21+,23?,28+,29-/m1/s1. The summed E-state index contributed by atoms with van der Waals surface area (Å²) in [7, 11) is 1.37. The molecule has 3 fully saturated rings. The lowest BCUT2D eigenvalue weighted by molar-refractivity contribution is -0.143.